The van der Waals surface area contributed by atoms with Crippen molar-refractivity contribution in [3.05, 3.63) is 103 Å². The van der Waals surface area contributed by atoms with Crippen LogP contribution in [0.3, 0.4) is 0 Å². The van der Waals surface area contributed by atoms with Crippen LogP contribution in [0.5, 0.6) is 11.5 Å². The van der Waals surface area contributed by atoms with Gasteiger partial charge in [-0.25, -0.2) is 10.5 Å². The maximum Gasteiger partial charge on any atom is 0.294 e. The van der Waals surface area contributed by atoms with Crippen LogP contribution in [-0.4, -0.2) is 33.7 Å². The van der Waals surface area contributed by atoms with Gasteiger partial charge in [0, 0.05) is 49.1 Å². The van der Waals surface area contributed by atoms with Gasteiger partial charge in [0.05, 0.1) is 51.7 Å². The van der Waals surface area contributed by atoms with Crippen molar-refractivity contribution in [3.8, 4) is 11.5 Å². The Morgan fingerprint density at radius 1 is 0.585 bits per heavy atom. The van der Waals surface area contributed by atoms with Crippen molar-refractivity contribution in [3.63, 3.8) is 0 Å². The number of benzene rings is 6. The van der Waals surface area contributed by atoms with Crippen molar-refractivity contribution in [2.75, 3.05) is 0 Å². The van der Waals surface area contributed by atoms with Crippen LogP contribution in [0.2, 0.25) is 0 Å². The maximum atomic E-state index is 12.0. The summed E-state index contributed by atoms with van der Waals surface area (Å²) in [5.41, 5.74) is 1.35. The summed E-state index contributed by atoms with van der Waals surface area (Å²) in [4.78, 5) is 0.697. The molecule has 0 aliphatic heterocycles. The molecule has 0 aliphatic carbocycles. The fraction of sp³-hybridized carbons (Fsp3) is 0. The normalized spacial score (nSPS) is 12.1. The molecule has 0 bridgehead atoms. The zero-order valence-corrected chi connectivity index (χ0v) is 29.6. The molecule has 275 valence electrons. The molecule has 0 aliphatic rings. The van der Waals surface area contributed by atoms with Crippen LogP contribution >= 0.6 is 24.1 Å². The molecule has 0 amide bonds. The molecule has 0 atom stereocenters. The average Bonchev–Trinajstić information content (AvgIpc) is 3.14. The van der Waals surface area contributed by atoms with Crippen LogP contribution < -0.4 is 0 Å². The molecule has 21 heteroatoms. The van der Waals surface area contributed by atoms with Gasteiger partial charge in [-0.05, 0) is 78.2 Å². The standard InChI is InChI=1S/C32H22N6O11S3.Cu/c39-28-15-4-18-2-1-3-30(51-49-47-42)31(18)32(28)38-37-27-12-7-20(16-29(27)40)34-36-26-14-13-25(23-11-10-22(17-24(23)26)52(43,44)45)35-33-19-5-8-21(9-6-19)50-48-46-41;/h1-17,39-42H,(H,43,44,45);. The second kappa shape index (κ2) is 17.8. The molecule has 0 spiro atoms. The minimum Gasteiger partial charge on any atom is -0.506 e. The Labute approximate surface area is 318 Å². The summed E-state index contributed by atoms with van der Waals surface area (Å²) in [7, 11) is -4.57. The van der Waals surface area contributed by atoms with E-state index in [1.54, 1.807) is 54.6 Å². The SMILES string of the molecule is O=S(=O)(O)c1ccc2c(N=Nc3ccc(SOOO)cc3)ccc(N=Nc3ccc(N=Nc4c(O)ccc5cccc(SOOO)c45)c(O)c3)c2c1.[Cu]. The number of phenolic OH excluding ortho intramolecular Hbond substituents is 2. The van der Waals surface area contributed by atoms with Gasteiger partial charge in [-0.3, -0.25) is 4.55 Å². The summed E-state index contributed by atoms with van der Waals surface area (Å²) in [6.07, 6.45) is 0. The van der Waals surface area contributed by atoms with E-state index in [-0.39, 0.29) is 61.6 Å². The monoisotopic (exact) mass is 825 g/mol. The van der Waals surface area contributed by atoms with E-state index in [4.69, 9.17) is 10.5 Å². The Hall–Kier alpha value is -4.87. The first-order valence-corrected chi connectivity index (χ1v) is 17.3. The topological polar surface area (TPSA) is 246 Å². The summed E-state index contributed by atoms with van der Waals surface area (Å²) < 4.78 is 42.6. The van der Waals surface area contributed by atoms with E-state index in [1.165, 1.54) is 48.5 Å². The van der Waals surface area contributed by atoms with Gasteiger partial charge < -0.3 is 10.2 Å². The fourth-order valence-corrected chi connectivity index (χ4v) is 6.18. The average molecular weight is 826 g/mol. The van der Waals surface area contributed by atoms with Gasteiger partial charge >= 0.3 is 0 Å². The Kier molecular flexibility index (Phi) is 13.2. The van der Waals surface area contributed by atoms with E-state index in [9.17, 15) is 23.2 Å². The predicted molar refractivity (Wildman–Crippen MR) is 188 cm³/mol. The molecule has 17 nitrogen and oxygen atoms in total. The Morgan fingerprint density at radius 2 is 1.23 bits per heavy atom. The molecule has 1 radical (unpaired) electrons. The summed E-state index contributed by atoms with van der Waals surface area (Å²) >= 11 is 1.47. The number of nitrogens with zero attached hydrogens (tertiary/aromatic N) is 6. The van der Waals surface area contributed by atoms with E-state index >= 15 is 0 Å². The zero-order valence-electron chi connectivity index (χ0n) is 26.2. The third-order valence-corrected chi connectivity index (χ3v) is 9.21. The number of phenols is 2. The predicted octanol–water partition coefficient (Wildman–Crippen LogP) is 10.8. The fourth-order valence-electron chi connectivity index (χ4n) is 4.78. The van der Waals surface area contributed by atoms with E-state index in [1.807, 2.05) is 0 Å². The van der Waals surface area contributed by atoms with Crippen LogP contribution in [-0.2, 0) is 45.9 Å². The third kappa shape index (κ3) is 9.57. The smallest absolute Gasteiger partial charge is 0.294 e. The molecule has 5 N–H and O–H groups in total. The molecule has 0 saturated carbocycles. The van der Waals surface area contributed by atoms with Gasteiger partial charge in [-0.1, -0.05) is 34.3 Å². The van der Waals surface area contributed by atoms with Gasteiger partial charge in [0.1, 0.15) is 22.9 Å². The minimum atomic E-state index is -4.57. The molecule has 6 rings (SSSR count). The zero-order chi connectivity index (χ0) is 36.7. The maximum absolute atomic E-state index is 12.0. The molecular weight excluding hydrogens is 804 g/mol. The van der Waals surface area contributed by atoms with E-state index in [0.29, 0.717) is 49.4 Å². The number of aromatic hydroxyl groups is 2. The molecule has 0 unspecified atom stereocenters. The van der Waals surface area contributed by atoms with Gasteiger partial charge in [0.15, 0.2) is 0 Å². The molecule has 6 aromatic rings. The first-order chi connectivity index (χ1) is 25.1. The van der Waals surface area contributed by atoms with Crippen LogP contribution in [0, 0.1) is 0 Å². The molecule has 53 heavy (non-hydrogen) atoms. The van der Waals surface area contributed by atoms with Crippen molar-refractivity contribution in [1.82, 2.24) is 0 Å². The summed E-state index contributed by atoms with van der Waals surface area (Å²) in [6, 6.07) is 26.1. The van der Waals surface area contributed by atoms with Crippen LogP contribution in [0.4, 0.5) is 34.1 Å². The van der Waals surface area contributed by atoms with Crippen molar-refractivity contribution >= 4 is 89.9 Å². The van der Waals surface area contributed by atoms with Crippen LogP contribution in [0.1, 0.15) is 0 Å². The van der Waals surface area contributed by atoms with Gasteiger partial charge in [-0.2, -0.15) is 18.6 Å². The number of rotatable bonds is 13. The summed E-state index contributed by atoms with van der Waals surface area (Å²) in [5, 5.41) is 72.5. The molecular formula is C32H22CuN6O11S3. The van der Waals surface area contributed by atoms with Crippen molar-refractivity contribution in [2.45, 2.75) is 14.7 Å². The Bertz CT molecular complexity index is 2470. The number of hydrogen-bond donors (Lipinski definition) is 5. The first kappa shape index (κ1) is 39.3. The van der Waals surface area contributed by atoms with Gasteiger partial charge in [0.25, 0.3) is 10.1 Å². The van der Waals surface area contributed by atoms with Crippen LogP contribution in [0.15, 0.2) is 149 Å². The quantitative estimate of drug-likeness (QED) is 0.0182. The first-order valence-electron chi connectivity index (χ1n) is 14.4. The van der Waals surface area contributed by atoms with E-state index in [0.717, 1.165) is 12.0 Å². The van der Waals surface area contributed by atoms with Crippen molar-refractivity contribution < 1.29 is 69.5 Å². The van der Waals surface area contributed by atoms with Gasteiger partial charge in [0.2, 0.25) is 0 Å². The molecule has 6 aromatic carbocycles. The second-order valence-corrected chi connectivity index (χ2v) is 13.2. The number of hydrogen-bond acceptors (Lipinski definition) is 18. The largest absolute Gasteiger partial charge is 0.506 e. The molecule has 0 heterocycles. The summed E-state index contributed by atoms with van der Waals surface area (Å²) in [6.45, 7) is 0. The molecule has 0 fully saturated rings. The van der Waals surface area contributed by atoms with Crippen molar-refractivity contribution in [2.24, 2.45) is 30.7 Å². The third-order valence-electron chi connectivity index (χ3n) is 7.11. The minimum absolute atomic E-state index is 0. The van der Waals surface area contributed by atoms with E-state index in [2.05, 4.69) is 49.4 Å². The van der Waals surface area contributed by atoms with E-state index < -0.39 is 10.1 Å². The molecule has 0 saturated heterocycles. The van der Waals surface area contributed by atoms with Crippen molar-refractivity contribution in [1.29, 1.82) is 0 Å². The number of fused-ring (bicyclic) bond motifs is 2. The van der Waals surface area contributed by atoms with Crippen LogP contribution in [0.25, 0.3) is 21.5 Å². The summed E-state index contributed by atoms with van der Waals surface area (Å²) in [5.74, 6) is -0.521. The molecule has 0 aromatic heterocycles. The number of azo groups is 3. The second-order valence-electron chi connectivity index (χ2n) is 10.3. The Balaban J connectivity index is 0.00000541. The Morgan fingerprint density at radius 3 is 1.92 bits per heavy atom. The van der Waals surface area contributed by atoms with Gasteiger partial charge in [-0.15, -0.1) is 29.1 Å².